The molecule has 1 unspecified atom stereocenters. The average molecular weight is 678 g/mol. The van der Waals surface area contributed by atoms with Crippen molar-refractivity contribution in [2.75, 3.05) is 75.9 Å². The molecule has 1 amide bonds. The van der Waals surface area contributed by atoms with E-state index >= 15 is 0 Å². The maximum Gasteiger partial charge on any atom is 0.318 e. The summed E-state index contributed by atoms with van der Waals surface area (Å²) in [6.45, 7) is 8.86. The highest BCUT2D eigenvalue weighted by Gasteiger charge is 2.49. The first-order valence-electron chi connectivity index (χ1n) is 16.4. The molecular formula is C35H38ClF2N7O3. The molecule has 13 heteroatoms. The van der Waals surface area contributed by atoms with Gasteiger partial charge in [-0.05, 0) is 37.4 Å². The molecule has 2 aromatic carbocycles. The van der Waals surface area contributed by atoms with Crippen LogP contribution in [-0.4, -0.2) is 97.9 Å². The molecule has 4 aliphatic heterocycles. The van der Waals surface area contributed by atoms with Gasteiger partial charge in [0.05, 0.1) is 49.0 Å². The molecule has 0 radical (unpaired) electrons. The third kappa shape index (κ3) is 5.93. The summed E-state index contributed by atoms with van der Waals surface area (Å²) in [5, 5.41) is 11.1. The van der Waals surface area contributed by atoms with E-state index in [1.54, 1.807) is 6.07 Å². The summed E-state index contributed by atoms with van der Waals surface area (Å²) < 4.78 is 40.8. The number of amides is 1. The number of ether oxygens (including phenoxy) is 2. The van der Waals surface area contributed by atoms with E-state index in [0.29, 0.717) is 57.0 Å². The normalized spacial score (nSPS) is 22.3. The Hall–Kier alpha value is -4.05. The van der Waals surface area contributed by atoms with E-state index in [9.17, 15) is 18.8 Å². The van der Waals surface area contributed by atoms with Crippen molar-refractivity contribution in [3.63, 3.8) is 0 Å². The first-order valence-corrected chi connectivity index (χ1v) is 16.7. The minimum atomic E-state index is -1.04. The van der Waals surface area contributed by atoms with E-state index < -0.39 is 23.6 Å². The van der Waals surface area contributed by atoms with Crippen molar-refractivity contribution in [1.82, 2.24) is 19.8 Å². The van der Waals surface area contributed by atoms with Crippen molar-refractivity contribution in [2.24, 2.45) is 11.3 Å². The Morgan fingerprint density at radius 1 is 1.21 bits per heavy atom. The van der Waals surface area contributed by atoms with Crippen LogP contribution in [0.4, 0.5) is 20.3 Å². The molecule has 1 spiro atoms. The van der Waals surface area contributed by atoms with Crippen molar-refractivity contribution < 1.29 is 23.0 Å². The Morgan fingerprint density at radius 3 is 2.81 bits per heavy atom. The van der Waals surface area contributed by atoms with Crippen molar-refractivity contribution in [3.05, 3.63) is 64.8 Å². The second-order valence-corrected chi connectivity index (χ2v) is 13.8. The third-order valence-corrected chi connectivity index (χ3v) is 10.8. The average Bonchev–Trinajstić information content (AvgIpc) is 3.08. The van der Waals surface area contributed by atoms with Gasteiger partial charge in [0.2, 0.25) is 0 Å². The van der Waals surface area contributed by atoms with Crippen molar-refractivity contribution in [2.45, 2.75) is 31.8 Å². The lowest BCUT2D eigenvalue weighted by atomic mass is 9.67. The lowest BCUT2D eigenvalue weighted by molar-refractivity contribution is -0.131. The van der Waals surface area contributed by atoms with Crippen LogP contribution in [-0.2, 0) is 22.5 Å². The van der Waals surface area contributed by atoms with E-state index in [4.69, 9.17) is 31.0 Å². The highest BCUT2D eigenvalue weighted by atomic mass is 35.5. The molecule has 0 N–H and O–H groups in total. The Bertz CT molecular complexity index is 1790. The number of aromatic nitrogens is 2. The molecule has 5 heterocycles. The molecule has 3 saturated heterocycles. The SMILES string of the molecule is C=C(F)C(=O)N1CCN(c2nc(OCC3COCCC34CN(C)C4)nc3c2CCN(c2cccc4ccc(F)c(Cl)c24)C3)C[C@@H]1CC#N. The molecule has 0 saturated carbocycles. The molecule has 7 rings (SSSR count). The number of nitrogens with zero attached hydrogens (tertiary/aromatic N) is 7. The highest BCUT2D eigenvalue weighted by Crippen LogP contribution is 2.44. The van der Waals surface area contributed by atoms with Gasteiger partial charge < -0.3 is 29.1 Å². The van der Waals surface area contributed by atoms with Crippen molar-refractivity contribution >= 4 is 39.8 Å². The summed E-state index contributed by atoms with van der Waals surface area (Å²) >= 11 is 6.51. The summed E-state index contributed by atoms with van der Waals surface area (Å²) in [7, 11) is 2.12. The second kappa shape index (κ2) is 13.1. The fourth-order valence-corrected chi connectivity index (χ4v) is 8.22. The number of nitriles is 1. The molecule has 252 valence electrons. The molecular weight excluding hydrogens is 640 g/mol. The van der Waals surface area contributed by atoms with Crippen LogP contribution in [0.15, 0.2) is 42.7 Å². The zero-order valence-corrected chi connectivity index (χ0v) is 27.7. The van der Waals surface area contributed by atoms with Gasteiger partial charge in [0.15, 0.2) is 5.83 Å². The maximum atomic E-state index is 14.6. The largest absolute Gasteiger partial charge is 0.463 e. The monoisotopic (exact) mass is 677 g/mol. The molecule has 10 nitrogen and oxygen atoms in total. The molecule has 0 aliphatic carbocycles. The summed E-state index contributed by atoms with van der Waals surface area (Å²) in [5.41, 5.74) is 2.68. The van der Waals surface area contributed by atoms with Gasteiger partial charge in [0.25, 0.3) is 5.91 Å². The molecule has 2 atom stereocenters. The number of likely N-dealkylation sites (tertiary alicyclic amines) is 1. The van der Waals surface area contributed by atoms with Crippen LogP contribution < -0.4 is 14.5 Å². The molecule has 3 aromatic rings. The first kappa shape index (κ1) is 32.5. The summed E-state index contributed by atoms with van der Waals surface area (Å²) in [5.74, 6) is -1.44. The smallest absolute Gasteiger partial charge is 0.318 e. The van der Waals surface area contributed by atoms with E-state index in [2.05, 4.69) is 29.5 Å². The third-order valence-electron chi connectivity index (χ3n) is 10.4. The number of carbonyl (C=O) groups excluding carboxylic acids is 1. The number of rotatable bonds is 7. The van der Waals surface area contributed by atoms with E-state index in [1.165, 1.54) is 11.0 Å². The number of fused-ring (bicyclic) bond motifs is 2. The zero-order chi connectivity index (χ0) is 33.6. The minimum absolute atomic E-state index is 0.0382. The highest BCUT2D eigenvalue weighted by molar-refractivity contribution is 6.36. The van der Waals surface area contributed by atoms with Gasteiger partial charge in [-0.3, -0.25) is 4.79 Å². The fraction of sp³-hybridized carbons (Fsp3) is 0.486. The van der Waals surface area contributed by atoms with E-state index in [0.717, 1.165) is 48.4 Å². The van der Waals surface area contributed by atoms with Crippen LogP contribution in [0.5, 0.6) is 6.01 Å². The Labute approximate surface area is 283 Å². The van der Waals surface area contributed by atoms with Crippen LogP contribution in [0.3, 0.4) is 0 Å². The van der Waals surface area contributed by atoms with Gasteiger partial charge in [0, 0.05) is 73.8 Å². The van der Waals surface area contributed by atoms with Gasteiger partial charge in [-0.15, -0.1) is 0 Å². The van der Waals surface area contributed by atoms with Gasteiger partial charge in [-0.25, -0.2) is 8.78 Å². The molecule has 1 aromatic heterocycles. The van der Waals surface area contributed by atoms with E-state index in [1.807, 2.05) is 23.1 Å². The minimum Gasteiger partial charge on any atom is -0.463 e. The quantitative estimate of drug-likeness (QED) is 0.329. The fourth-order valence-electron chi connectivity index (χ4n) is 7.95. The first-order chi connectivity index (χ1) is 23.2. The molecule has 0 bridgehead atoms. The standard InChI is InChI=1S/C35H38ClF2N7O3/c1-22(37)33(46)45-14-13-44(16-25(45)8-11-39)32-26-9-12-43(29-5-3-4-23-6-7-27(38)31(36)30(23)29)17-28(26)40-34(41-32)48-19-24-18-47-15-10-35(24)20-42(2)21-35/h3-7,24-25H,1,8-10,12-21H2,2H3/t24?,25-/m0/s1. The van der Waals surface area contributed by atoms with Crippen LogP contribution in [0, 0.1) is 28.5 Å². The number of benzene rings is 2. The Kier molecular flexibility index (Phi) is 8.87. The lowest BCUT2D eigenvalue weighted by Gasteiger charge is -2.55. The van der Waals surface area contributed by atoms with Crippen molar-refractivity contribution in [1.29, 1.82) is 5.26 Å². The topological polar surface area (TPSA) is 98.1 Å². The Morgan fingerprint density at radius 2 is 2.04 bits per heavy atom. The second-order valence-electron chi connectivity index (χ2n) is 13.4. The molecule has 48 heavy (non-hydrogen) atoms. The number of piperazine rings is 1. The lowest BCUT2D eigenvalue weighted by Crippen LogP contribution is -2.62. The number of carbonyl (C=O) groups is 1. The number of hydrogen-bond acceptors (Lipinski definition) is 9. The summed E-state index contributed by atoms with van der Waals surface area (Å²) in [6.07, 6.45) is 1.61. The molecule has 3 fully saturated rings. The van der Waals surface area contributed by atoms with Crippen molar-refractivity contribution in [3.8, 4) is 12.1 Å². The Balaban J connectivity index is 1.22. The predicted octanol–water partition coefficient (Wildman–Crippen LogP) is 4.75. The van der Waals surface area contributed by atoms with Crippen LogP contribution in [0.25, 0.3) is 10.8 Å². The predicted molar refractivity (Wildman–Crippen MR) is 178 cm³/mol. The summed E-state index contributed by atoms with van der Waals surface area (Å²) in [4.78, 5) is 30.4. The maximum absolute atomic E-state index is 14.6. The number of anilines is 2. The van der Waals surface area contributed by atoms with E-state index in [-0.39, 0.29) is 35.3 Å². The van der Waals surface area contributed by atoms with Crippen LogP contribution in [0.1, 0.15) is 24.1 Å². The zero-order valence-electron chi connectivity index (χ0n) is 26.9. The van der Waals surface area contributed by atoms with Gasteiger partial charge in [-0.2, -0.15) is 15.2 Å². The van der Waals surface area contributed by atoms with Crippen LogP contribution >= 0.6 is 11.6 Å². The van der Waals surface area contributed by atoms with Gasteiger partial charge in [0.1, 0.15) is 11.6 Å². The number of hydrogen-bond donors (Lipinski definition) is 0. The number of halogens is 3. The van der Waals surface area contributed by atoms with Crippen LogP contribution in [0.2, 0.25) is 5.02 Å². The summed E-state index contributed by atoms with van der Waals surface area (Å²) in [6, 6.07) is 10.7. The van der Waals surface area contributed by atoms with Gasteiger partial charge >= 0.3 is 6.01 Å². The van der Waals surface area contributed by atoms with Gasteiger partial charge in [-0.1, -0.05) is 36.4 Å². The molecule has 4 aliphatic rings.